The Morgan fingerprint density at radius 2 is 1.80 bits per heavy atom. The number of anilines is 3. The SMILES string of the molecule is CCn1c(-c2nonc2N)nc2c(-c3cccc(NC(=O)Nc4ccc(Cl)cc4)c3)ncc(OCCCNC(=O)OC(C)(C)C)c21. The Morgan fingerprint density at radius 1 is 1.04 bits per heavy atom. The molecule has 5 rings (SSSR count). The van der Waals surface area contributed by atoms with Crippen molar-refractivity contribution in [3.05, 3.63) is 59.8 Å². The van der Waals surface area contributed by atoms with Gasteiger partial charge in [0, 0.05) is 35.1 Å². The van der Waals surface area contributed by atoms with Gasteiger partial charge < -0.3 is 35.7 Å². The van der Waals surface area contributed by atoms with E-state index in [2.05, 4.69) is 26.3 Å². The van der Waals surface area contributed by atoms with Crippen LogP contribution in [0.15, 0.2) is 59.4 Å². The van der Waals surface area contributed by atoms with E-state index < -0.39 is 17.7 Å². The number of alkyl carbamates (subject to hydrolysis) is 1. The van der Waals surface area contributed by atoms with Crippen molar-refractivity contribution in [1.29, 1.82) is 0 Å². The number of rotatable bonds is 10. The molecule has 15 heteroatoms. The van der Waals surface area contributed by atoms with Crippen molar-refractivity contribution in [3.8, 4) is 28.5 Å². The highest BCUT2D eigenvalue weighted by molar-refractivity contribution is 6.30. The van der Waals surface area contributed by atoms with Gasteiger partial charge in [-0.15, -0.1) is 0 Å². The van der Waals surface area contributed by atoms with Crippen LogP contribution >= 0.6 is 11.6 Å². The van der Waals surface area contributed by atoms with Crippen molar-refractivity contribution < 1.29 is 23.7 Å². The van der Waals surface area contributed by atoms with E-state index in [1.54, 1.807) is 69.4 Å². The Kier molecular flexibility index (Phi) is 9.56. The summed E-state index contributed by atoms with van der Waals surface area (Å²) in [5, 5.41) is 16.6. The number of halogens is 1. The number of carbonyl (C=O) groups excluding carboxylic acids is 2. The number of benzene rings is 2. The normalized spacial score (nSPS) is 11.3. The van der Waals surface area contributed by atoms with E-state index in [9.17, 15) is 9.59 Å². The van der Waals surface area contributed by atoms with Gasteiger partial charge in [0.25, 0.3) is 0 Å². The van der Waals surface area contributed by atoms with Crippen molar-refractivity contribution in [3.63, 3.8) is 0 Å². The summed E-state index contributed by atoms with van der Waals surface area (Å²) in [7, 11) is 0. The average Bonchev–Trinajstić information content (AvgIpc) is 3.60. The molecule has 0 spiro atoms. The lowest BCUT2D eigenvalue weighted by molar-refractivity contribution is 0.0525. The van der Waals surface area contributed by atoms with Crippen LogP contribution in [0.5, 0.6) is 5.75 Å². The van der Waals surface area contributed by atoms with Crippen LogP contribution in [0, 0.1) is 0 Å². The third kappa shape index (κ3) is 7.64. The largest absolute Gasteiger partial charge is 0.490 e. The zero-order chi connectivity index (χ0) is 32.8. The van der Waals surface area contributed by atoms with Gasteiger partial charge in [-0.05, 0) is 80.8 Å². The number of aromatic nitrogens is 5. The molecule has 0 unspecified atom stereocenters. The van der Waals surface area contributed by atoms with Crippen LogP contribution in [0.3, 0.4) is 0 Å². The molecule has 0 aliphatic heterocycles. The van der Waals surface area contributed by atoms with E-state index in [4.69, 9.17) is 41.4 Å². The van der Waals surface area contributed by atoms with Crippen molar-refractivity contribution in [2.45, 2.75) is 46.3 Å². The molecule has 0 fully saturated rings. The number of nitrogen functional groups attached to an aromatic ring is 1. The molecule has 0 saturated carbocycles. The number of nitrogens with zero attached hydrogens (tertiary/aromatic N) is 5. The molecule has 0 bridgehead atoms. The van der Waals surface area contributed by atoms with Gasteiger partial charge in [-0.3, -0.25) is 0 Å². The van der Waals surface area contributed by atoms with Crippen molar-refractivity contribution in [2.75, 3.05) is 29.5 Å². The molecular formula is C31H34ClN9O5. The first-order valence-electron chi connectivity index (χ1n) is 14.5. The number of imidazole rings is 1. The van der Waals surface area contributed by atoms with Crippen LogP contribution in [-0.4, -0.2) is 55.7 Å². The fourth-order valence-electron chi connectivity index (χ4n) is 4.60. The van der Waals surface area contributed by atoms with E-state index in [0.29, 0.717) is 69.8 Å². The quantitative estimate of drug-likeness (QED) is 0.125. The van der Waals surface area contributed by atoms with Crippen molar-refractivity contribution in [2.24, 2.45) is 0 Å². The fraction of sp³-hybridized carbons (Fsp3) is 0.290. The average molecular weight is 648 g/mol. The Bertz CT molecular complexity index is 1850. The molecule has 46 heavy (non-hydrogen) atoms. The molecular weight excluding hydrogens is 614 g/mol. The highest BCUT2D eigenvalue weighted by Crippen LogP contribution is 2.37. The number of ether oxygens (including phenoxy) is 2. The molecule has 5 aromatic rings. The summed E-state index contributed by atoms with van der Waals surface area (Å²) < 4.78 is 18.2. The number of amides is 3. The zero-order valence-electron chi connectivity index (χ0n) is 25.8. The van der Waals surface area contributed by atoms with Gasteiger partial charge >= 0.3 is 12.1 Å². The molecule has 3 heterocycles. The summed E-state index contributed by atoms with van der Waals surface area (Å²) in [6.07, 6.45) is 1.64. The van der Waals surface area contributed by atoms with Gasteiger partial charge in [0.15, 0.2) is 23.1 Å². The molecule has 0 aliphatic rings. The third-order valence-electron chi connectivity index (χ3n) is 6.52. The summed E-state index contributed by atoms with van der Waals surface area (Å²) in [6, 6.07) is 13.6. The molecule has 0 atom stereocenters. The number of urea groups is 1. The Balaban J connectivity index is 1.42. The monoisotopic (exact) mass is 647 g/mol. The second kappa shape index (κ2) is 13.7. The van der Waals surface area contributed by atoms with E-state index in [-0.39, 0.29) is 18.1 Å². The molecule has 14 nitrogen and oxygen atoms in total. The number of aryl methyl sites for hydroxylation is 1. The number of pyridine rings is 1. The maximum absolute atomic E-state index is 12.7. The number of carbonyl (C=O) groups is 2. The van der Waals surface area contributed by atoms with Gasteiger partial charge in [0.1, 0.15) is 16.6 Å². The summed E-state index contributed by atoms with van der Waals surface area (Å²) in [4.78, 5) is 34.3. The molecule has 3 aromatic heterocycles. The summed E-state index contributed by atoms with van der Waals surface area (Å²) in [6.45, 7) is 8.49. The van der Waals surface area contributed by atoms with Gasteiger partial charge in [-0.2, -0.15) is 0 Å². The molecule has 0 radical (unpaired) electrons. The first-order valence-corrected chi connectivity index (χ1v) is 14.9. The number of nitrogens with one attached hydrogen (secondary N) is 3. The maximum Gasteiger partial charge on any atom is 0.407 e. The molecule has 5 N–H and O–H groups in total. The molecule has 3 amide bonds. The minimum absolute atomic E-state index is 0.0908. The summed E-state index contributed by atoms with van der Waals surface area (Å²) >= 11 is 5.94. The van der Waals surface area contributed by atoms with Gasteiger partial charge in [0.2, 0.25) is 0 Å². The summed E-state index contributed by atoms with van der Waals surface area (Å²) in [5.74, 6) is 0.995. The lowest BCUT2D eigenvalue weighted by Gasteiger charge is -2.19. The number of nitrogens with two attached hydrogens (primary N) is 1. The van der Waals surface area contributed by atoms with E-state index >= 15 is 0 Å². The molecule has 2 aromatic carbocycles. The minimum atomic E-state index is -0.585. The van der Waals surface area contributed by atoms with Crippen LogP contribution in [0.4, 0.5) is 26.8 Å². The zero-order valence-corrected chi connectivity index (χ0v) is 26.5. The van der Waals surface area contributed by atoms with E-state index in [1.807, 2.05) is 17.6 Å². The number of fused-ring (bicyclic) bond motifs is 1. The molecule has 0 aliphatic carbocycles. The predicted octanol–water partition coefficient (Wildman–Crippen LogP) is 6.34. The lowest BCUT2D eigenvalue weighted by atomic mass is 10.1. The first kappa shape index (κ1) is 32.0. The first-order chi connectivity index (χ1) is 22.0. The second-order valence-corrected chi connectivity index (χ2v) is 11.6. The van der Waals surface area contributed by atoms with Crippen molar-refractivity contribution in [1.82, 2.24) is 30.2 Å². The standard InChI is InChI=1S/C31H34ClN9O5/c1-5-41-26-22(44-15-7-14-34-30(43)45-31(2,3)4)17-35-23(24(26)38-28(41)25-27(33)40-46-39-25)18-8-6-9-21(16-18)37-29(42)36-20-12-10-19(32)11-13-20/h6,8-13,16-17H,5,7,14-15H2,1-4H3,(H2,33,40)(H,34,43)(H2,36,37,42). The number of hydrogen-bond acceptors (Lipinski definition) is 10. The van der Waals surface area contributed by atoms with Crippen LogP contribution < -0.4 is 26.4 Å². The topological polar surface area (TPSA) is 184 Å². The van der Waals surface area contributed by atoms with Crippen LogP contribution in [-0.2, 0) is 11.3 Å². The lowest BCUT2D eigenvalue weighted by Crippen LogP contribution is -2.33. The Morgan fingerprint density at radius 3 is 2.50 bits per heavy atom. The Hall–Kier alpha value is -5.37. The van der Waals surface area contributed by atoms with Gasteiger partial charge in [-0.25, -0.2) is 24.2 Å². The van der Waals surface area contributed by atoms with Crippen LogP contribution in [0.1, 0.15) is 34.1 Å². The number of hydrogen-bond donors (Lipinski definition) is 4. The van der Waals surface area contributed by atoms with Gasteiger partial charge in [0.05, 0.1) is 18.5 Å². The van der Waals surface area contributed by atoms with Crippen LogP contribution in [0.25, 0.3) is 33.8 Å². The Labute approximate surface area is 269 Å². The van der Waals surface area contributed by atoms with E-state index in [0.717, 1.165) is 0 Å². The fourth-order valence-corrected chi connectivity index (χ4v) is 4.73. The van der Waals surface area contributed by atoms with E-state index in [1.165, 1.54) is 0 Å². The summed E-state index contributed by atoms with van der Waals surface area (Å²) in [5.41, 5.74) is 9.29. The molecule has 240 valence electrons. The minimum Gasteiger partial charge on any atom is -0.490 e. The van der Waals surface area contributed by atoms with Crippen LogP contribution in [0.2, 0.25) is 5.02 Å². The third-order valence-corrected chi connectivity index (χ3v) is 6.77. The maximum atomic E-state index is 12.7. The highest BCUT2D eigenvalue weighted by atomic mass is 35.5. The van der Waals surface area contributed by atoms with Crippen molar-refractivity contribution >= 4 is 52.0 Å². The van der Waals surface area contributed by atoms with Gasteiger partial charge in [-0.1, -0.05) is 23.7 Å². The molecule has 0 saturated heterocycles. The second-order valence-electron chi connectivity index (χ2n) is 11.1. The predicted molar refractivity (Wildman–Crippen MR) is 175 cm³/mol. The smallest absolute Gasteiger partial charge is 0.407 e. The highest BCUT2D eigenvalue weighted by Gasteiger charge is 2.24.